The van der Waals surface area contributed by atoms with E-state index in [2.05, 4.69) is 15.3 Å². The number of H-pyrrole nitrogens is 1. The highest BCUT2D eigenvalue weighted by Crippen LogP contribution is 2.31. The lowest BCUT2D eigenvalue weighted by molar-refractivity contribution is -0.147. The number of aryl methyl sites for hydroxylation is 1. The predicted molar refractivity (Wildman–Crippen MR) is 129 cm³/mol. The van der Waals surface area contributed by atoms with Crippen LogP contribution in [0.1, 0.15) is 48.9 Å². The summed E-state index contributed by atoms with van der Waals surface area (Å²) in [6, 6.07) is 6.92. The Bertz CT molecular complexity index is 1250. The number of ether oxygens (including phenoxy) is 2. The number of carbonyl (C=O) groups excluding carboxylic acids is 3. The van der Waals surface area contributed by atoms with Crippen LogP contribution in [-0.2, 0) is 31.9 Å². The van der Waals surface area contributed by atoms with Gasteiger partial charge < -0.3 is 19.8 Å². The van der Waals surface area contributed by atoms with Crippen molar-refractivity contribution in [3.8, 4) is 0 Å². The zero-order valence-corrected chi connectivity index (χ0v) is 20.1. The maximum atomic E-state index is 12.4. The molecule has 2 heterocycles. The largest absolute Gasteiger partial charge is 0.462 e. The number of nitrogens with one attached hydrogen (secondary N) is 2. The van der Waals surface area contributed by atoms with E-state index in [4.69, 9.17) is 9.47 Å². The van der Waals surface area contributed by atoms with E-state index in [1.165, 1.54) is 11.3 Å². The summed E-state index contributed by atoms with van der Waals surface area (Å²) in [6.07, 6.45) is 0.775. The van der Waals surface area contributed by atoms with Crippen molar-refractivity contribution in [2.24, 2.45) is 5.92 Å². The van der Waals surface area contributed by atoms with Crippen molar-refractivity contribution in [1.82, 2.24) is 9.97 Å². The molecule has 34 heavy (non-hydrogen) atoms. The first-order valence-corrected chi connectivity index (χ1v) is 11.9. The van der Waals surface area contributed by atoms with E-state index in [-0.39, 0.29) is 25.0 Å². The number of aromatic amines is 1. The van der Waals surface area contributed by atoms with Gasteiger partial charge in [-0.1, -0.05) is 26.0 Å². The zero-order chi connectivity index (χ0) is 24.7. The maximum absolute atomic E-state index is 12.4. The zero-order valence-electron chi connectivity index (χ0n) is 19.3. The molecule has 0 saturated carbocycles. The minimum Gasteiger partial charge on any atom is -0.462 e. The lowest BCUT2D eigenvalue weighted by atomic mass is 10.0. The number of hydrogen-bond donors (Lipinski definition) is 2. The second-order valence-corrected chi connectivity index (χ2v) is 8.90. The third-order valence-corrected chi connectivity index (χ3v) is 5.76. The summed E-state index contributed by atoms with van der Waals surface area (Å²) in [5, 5.41) is 5.31. The lowest BCUT2D eigenvalue weighted by Gasteiger charge is -2.10. The summed E-state index contributed by atoms with van der Waals surface area (Å²) >= 11 is 1.23. The minimum absolute atomic E-state index is 0.0554. The van der Waals surface area contributed by atoms with E-state index in [9.17, 15) is 19.2 Å². The van der Waals surface area contributed by atoms with Gasteiger partial charge in [0.1, 0.15) is 10.8 Å². The lowest BCUT2D eigenvalue weighted by Crippen LogP contribution is -2.22. The number of anilines is 1. The van der Waals surface area contributed by atoms with Crippen LogP contribution in [0.3, 0.4) is 0 Å². The molecule has 0 spiro atoms. The standard InChI is InChI=1S/C24H27N3O6S/c1-4-32-24(31)21-15(11-14(2)3)13-34-23(21)27-19(28)12-33-20(29)10-9-18-25-17-8-6-5-7-16(17)22(30)26-18/h5-8,13-14H,4,9-12H2,1-3H3,(H,27,28)(H,25,26,30). The fourth-order valence-corrected chi connectivity index (χ4v) is 4.34. The highest BCUT2D eigenvalue weighted by atomic mass is 32.1. The highest BCUT2D eigenvalue weighted by Gasteiger charge is 2.22. The monoisotopic (exact) mass is 485 g/mol. The van der Waals surface area contributed by atoms with E-state index in [1.807, 2.05) is 19.2 Å². The Morgan fingerprint density at radius 1 is 1.18 bits per heavy atom. The molecule has 180 valence electrons. The average molecular weight is 486 g/mol. The Hall–Kier alpha value is -3.53. The summed E-state index contributed by atoms with van der Waals surface area (Å²) in [6.45, 7) is 5.51. The molecule has 2 aromatic heterocycles. The first-order chi connectivity index (χ1) is 16.3. The van der Waals surface area contributed by atoms with Crippen LogP contribution in [0.25, 0.3) is 10.9 Å². The van der Waals surface area contributed by atoms with Crippen LogP contribution >= 0.6 is 11.3 Å². The minimum atomic E-state index is -0.608. The number of para-hydroxylation sites is 1. The van der Waals surface area contributed by atoms with Gasteiger partial charge in [0.2, 0.25) is 0 Å². The van der Waals surface area contributed by atoms with Crippen LogP contribution in [0.15, 0.2) is 34.4 Å². The SMILES string of the molecule is CCOC(=O)c1c(CC(C)C)csc1NC(=O)COC(=O)CCc1nc2ccccc2c(=O)[nH]1. The third-order valence-electron chi connectivity index (χ3n) is 4.82. The number of esters is 2. The van der Waals surface area contributed by atoms with Crippen molar-refractivity contribution >= 4 is 45.1 Å². The molecule has 0 aliphatic carbocycles. The van der Waals surface area contributed by atoms with Gasteiger partial charge in [0, 0.05) is 6.42 Å². The Balaban J connectivity index is 1.56. The van der Waals surface area contributed by atoms with E-state index < -0.39 is 24.5 Å². The number of benzene rings is 1. The third kappa shape index (κ3) is 6.50. The predicted octanol–water partition coefficient (Wildman–Crippen LogP) is 3.47. The van der Waals surface area contributed by atoms with Crippen LogP contribution in [-0.4, -0.2) is 41.0 Å². The molecule has 1 aromatic carbocycles. The molecule has 0 saturated heterocycles. The summed E-state index contributed by atoms with van der Waals surface area (Å²) in [4.78, 5) is 56.0. The van der Waals surface area contributed by atoms with Gasteiger partial charge in [0.05, 0.1) is 29.5 Å². The van der Waals surface area contributed by atoms with Crippen LogP contribution in [0, 0.1) is 5.92 Å². The van der Waals surface area contributed by atoms with E-state index in [0.717, 1.165) is 5.56 Å². The number of aromatic nitrogens is 2. The van der Waals surface area contributed by atoms with Gasteiger partial charge >= 0.3 is 11.9 Å². The topological polar surface area (TPSA) is 127 Å². The molecular formula is C24H27N3O6S. The van der Waals surface area contributed by atoms with Crippen LogP contribution in [0.2, 0.25) is 0 Å². The van der Waals surface area contributed by atoms with Gasteiger partial charge in [-0.2, -0.15) is 0 Å². The summed E-state index contributed by atoms with van der Waals surface area (Å²) < 4.78 is 10.2. The van der Waals surface area contributed by atoms with Crippen molar-refractivity contribution < 1.29 is 23.9 Å². The molecule has 3 aromatic rings. The molecule has 0 aliphatic heterocycles. The quantitative estimate of drug-likeness (QED) is 0.421. The van der Waals surface area contributed by atoms with Crippen molar-refractivity contribution in [3.05, 3.63) is 57.0 Å². The number of thiophene rings is 1. The maximum Gasteiger partial charge on any atom is 0.341 e. The molecular weight excluding hydrogens is 458 g/mol. The Labute approximate surface area is 200 Å². The molecule has 2 N–H and O–H groups in total. The Morgan fingerprint density at radius 2 is 1.94 bits per heavy atom. The fraction of sp³-hybridized carbons (Fsp3) is 0.375. The molecule has 0 atom stereocenters. The molecule has 0 fully saturated rings. The molecule has 9 nitrogen and oxygen atoms in total. The van der Waals surface area contributed by atoms with Crippen molar-refractivity contribution in [2.45, 2.75) is 40.0 Å². The molecule has 10 heteroatoms. The Morgan fingerprint density at radius 3 is 2.68 bits per heavy atom. The Kier molecular flexibility index (Phi) is 8.53. The summed E-state index contributed by atoms with van der Waals surface area (Å²) in [5.74, 6) is -0.985. The van der Waals surface area contributed by atoms with E-state index in [0.29, 0.717) is 39.6 Å². The fourth-order valence-electron chi connectivity index (χ4n) is 3.36. The van der Waals surface area contributed by atoms with Gasteiger partial charge in [0.25, 0.3) is 11.5 Å². The molecule has 0 bridgehead atoms. The van der Waals surface area contributed by atoms with Crippen LogP contribution in [0.4, 0.5) is 5.00 Å². The first kappa shape index (κ1) is 25.1. The molecule has 0 aliphatic rings. The molecule has 3 rings (SSSR count). The van der Waals surface area contributed by atoms with Gasteiger partial charge in [-0.05, 0) is 42.3 Å². The number of amides is 1. The summed E-state index contributed by atoms with van der Waals surface area (Å²) in [5.41, 5.74) is 1.41. The number of hydrogen-bond acceptors (Lipinski definition) is 8. The van der Waals surface area contributed by atoms with Crippen LogP contribution < -0.4 is 10.9 Å². The highest BCUT2D eigenvalue weighted by molar-refractivity contribution is 7.15. The van der Waals surface area contributed by atoms with Crippen LogP contribution in [0.5, 0.6) is 0 Å². The molecule has 0 unspecified atom stereocenters. The average Bonchev–Trinajstić information content (AvgIpc) is 3.17. The van der Waals surface area contributed by atoms with Gasteiger partial charge in [0.15, 0.2) is 6.61 Å². The smallest absolute Gasteiger partial charge is 0.341 e. The number of nitrogens with zero attached hydrogens (tertiary/aromatic N) is 1. The number of carbonyl (C=O) groups is 3. The van der Waals surface area contributed by atoms with E-state index >= 15 is 0 Å². The van der Waals surface area contributed by atoms with Crippen molar-refractivity contribution in [2.75, 3.05) is 18.5 Å². The molecule has 1 amide bonds. The van der Waals surface area contributed by atoms with Gasteiger partial charge in [-0.15, -0.1) is 11.3 Å². The number of rotatable bonds is 10. The normalized spacial score (nSPS) is 10.9. The second-order valence-electron chi connectivity index (χ2n) is 8.02. The van der Waals surface area contributed by atoms with Gasteiger partial charge in [-0.25, -0.2) is 9.78 Å². The second kappa shape index (κ2) is 11.6. The van der Waals surface area contributed by atoms with E-state index in [1.54, 1.807) is 31.2 Å². The van der Waals surface area contributed by atoms with Crippen molar-refractivity contribution in [3.63, 3.8) is 0 Å². The van der Waals surface area contributed by atoms with Crippen molar-refractivity contribution in [1.29, 1.82) is 0 Å². The van der Waals surface area contributed by atoms with Gasteiger partial charge in [-0.3, -0.25) is 14.4 Å². The first-order valence-electron chi connectivity index (χ1n) is 11.0. The molecule has 0 radical (unpaired) electrons. The number of fused-ring (bicyclic) bond motifs is 1. The summed E-state index contributed by atoms with van der Waals surface area (Å²) in [7, 11) is 0.